The van der Waals surface area contributed by atoms with E-state index in [0.717, 1.165) is 50.9 Å². The second-order valence-corrected chi connectivity index (χ2v) is 8.12. The normalized spacial score (nSPS) is 19.9. The van der Waals surface area contributed by atoms with Gasteiger partial charge >= 0.3 is 0 Å². The molecule has 2 amide bonds. The molecule has 4 rings (SSSR count). The van der Waals surface area contributed by atoms with Crippen molar-refractivity contribution in [1.29, 1.82) is 0 Å². The topological polar surface area (TPSA) is 61.4 Å². The summed E-state index contributed by atoms with van der Waals surface area (Å²) in [6, 6.07) is 18.1. The number of aryl methyl sites for hydroxylation is 1. The summed E-state index contributed by atoms with van der Waals surface area (Å²) < 4.78 is 0. The first-order chi connectivity index (χ1) is 14.2. The third kappa shape index (κ3) is 5.04. The van der Waals surface area contributed by atoms with Crippen LogP contribution in [-0.4, -0.2) is 36.3 Å². The van der Waals surface area contributed by atoms with E-state index in [9.17, 15) is 9.59 Å². The average Bonchev–Trinajstić information content (AvgIpc) is 2.75. The highest BCUT2D eigenvalue weighted by atomic mass is 16.2. The maximum absolute atomic E-state index is 12.6. The van der Waals surface area contributed by atoms with E-state index in [-0.39, 0.29) is 23.8 Å². The monoisotopic (exact) mass is 391 g/mol. The third-order valence-corrected chi connectivity index (χ3v) is 6.07. The number of hydrogen-bond acceptors (Lipinski definition) is 3. The van der Waals surface area contributed by atoms with Crippen LogP contribution in [0.2, 0.25) is 0 Å². The number of carbonyl (C=O) groups excluding carboxylic acids is 2. The van der Waals surface area contributed by atoms with Crippen LogP contribution in [0.3, 0.4) is 0 Å². The zero-order chi connectivity index (χ0) is 20.1. The number of carbonyl (C=O) groups is 2. The van der Waals surface area contributed by atoms with E-state index in [0.29, 0.717) is 6.54 Å². The largest absolute Gasteiger partial charge is 0.348 e. The number of anilines is 1. The molecule has 1 heterocycles. The van der Waals surface area contributed by atoms with Gasteiger partial charge in [0.2, 0.25) is 11.8 Å². The molecule has 2 N–H and O–H groups in total. The number of nitrogens with zero attached hydrogens (tertiary/aromatic N) is 1. The van der Waals surface area contributed by atoms with Crippen molar-refractivity contribution in [1.82, 2.24) is 10.2 Å². The van der Waals surface area contributed by atoms with Gasteiger partial charge in [0, 0.05) is 11.6 Å². The minimum atomic E-state index is 0.0136. The summed E-state index contributed by atoms with van der Waals surface area (Å²) in [4.78, 5) is 27.2. The van der Waals surface area contributed by atoms with Gasteiger partial charge in [0.1, 0.15) is 0 Å². The minimum Gasteiger partial charge on any atom is -0.348 e. The number of para-hydroxylation sites is 1. The maximum Gasteiger partial charge on any atom is 0.234 e. The highest BCUT2D eigenvalue weighted by Gasteiger charge is 2.27. The molecule has 5 nitrogen and oxygen atoms in total. The van der Waals surface area contributed by atoms with Crippen molar-refractivity contribution in [2.75, 3.05) is 25.0 Å². The quantitative estimate of drug-likeness (QED) is 0.820. The Morgan fingerprint density at radius 2 is 1.66 bits per heavy atom. The van der Waals surface area contributed by atoms with Gasteiger partial charge in [0.05, 0.1) is 12.6 Å². The summed E-state index contributed by atoms with van der Waals surface area (Å²) in [6.45, 7) is 1.97. The number of nitrogens with one attached hydrogen (secondary N) is 2. The number of hydrogen-bond donors (Lipinski definition) is 2. The molecule has 2 aromatic carbocycles. The number of fused-ring (bicyclic) bond motifs is 1. The van der Waals surface area contributed by atoms with E-state index in [2.05, 4.69) is 39.8 Å². The van der Waals surface area contributed by atoms with Gasteiger partial charge in [0.25, 0.3) is 0 Å². The molecule has 1 fully saturated rings. The van der Waals surface area contributed by atoms with Crippen molar-refractivity contribution in [3.8, 4) is 0 Å². The Morgan fingerprint density at radius 3 is 2.45 bits per heavy atom. The number of amides is 2. The fourth-order valence-electron chi connectivity index (χ4n) is 4.47. The molecule has 0 bridgehead atoms. The molecule has 5 heteroatoms. The van der Waals surface area contributed by atoms with Crippen molar-refractivity contribution in [3.05, 3.63) is 65.7 Å². The Hall–Kier alpha value is -2.66. The van der Waals surface area contributed by atoms with Crippen molar-refractivity contribution < 1.29 is 9.59 Å². The lowest BCUT2D eigenvalue weighted by Crippen LogP contribution is -2.44. The van der Waals surface area contributed by atoms with Gasteiger partial charge in [-0.05, 0) is 68.5 Å². The molecule has 0 spiro atoms. The summed E-state index contributed by atoms with van der Waals surface area (Å²) >= 11 is 0. The summed E-state index contributed by atoms with van der Waals surface area (Å²) in [7, 11) is 0. The first-order valence-electron chi connectivity index (χ1n) is 10.6. The van der Waals surface area contributed by atoms with E-state index < -0.39 is 0 Å². The molecule has 0 saturated carbocycles. The van der Waals surface area contributed by atoms with Crippen LogP contribution in [-0.2, 0) is 16.0 Å². The third-order valence-electron chi connectivity index (χ3n) is 6.07. The lowest BCUT2D eigenvalue weighted by molar-refractivity contribution is -0.124. The predicted octanol–water partition coefficient (Wildman–Crippen LogP) is 3.53. The first kappa shape index (κ1) is 19.6. The van der Waals surface area contributed by atoms with Crippen LogP contribution < -0.4 is 10.6 Å². The van der Waals surface area contributed by atoms with Gasteiger partial charge in [0.15, 0.2) is 0 Å². The molecule has 0 radical (unpaired) electrons. The lowest BCUT2D eigenvalue weighted by Gasteiger charge is -2.32. The van der Waals surface area contributed by atoms with Crippen LogP contribution in [0.5, 0.6) is 0 Å². The minimum absolute atomic E-state index is 0.0136. The Labute approximate surface area is 172 Å². The van der Waals surface area contributed by atoms with Crippen molar-refractivity contribution in [2.45, 2.75) is 38.1 Å². The molecule has 0 aromatic heterocycles. The number of benzene rings is 2. The number of likely N-dealkylation sites (tertiary alicyclic amines) is 1. The van der Waals surface area contributed by atoms with E-state index in [1.807, 2.05) is 30.3 Å². The van der Waals surface area contributed by atoms with Crippen molar-refractivity contribution in [3.63, 3.8) is 0 Å². The van der Waals surface area contributed by atoms with E-state index >= 15 is 0 Å². The Balaban J connectivity index is 1.24. The van der Waals surface area contributed by atoms with E-state index in [1.165, 1.54) is 11.1 Å². The van der Waals surface area contributed by atoms with Gasteiger partial charge in [-0.15, -0.1) is 0 Å². The summed E-state index contributed by atoms with van der Waals surface area (Å²) in [5.74, 6) is 0.178. The SMILES string of the molecule is O=C(CN1CCC(C(=O)Nc2ccccc2)CC1)N[C@@H]1CCCc2ccccc21. The van der Waals surface area contributed by atoms with Gasteiger partial charge < -0.3 is 10.6 Å². The Kier molecular flexibility index (Phi) is 6.25. The molecule has 1 saturated heterocycles. The van der Waals surface area contributed by atoms with Gasteiger partial charge in [-0.1, -0.05) is 42.5 Å². The Morgan fingerprint density at radius 1 is 0.931 bits per heavy atom. The fourth-order valence-corrected chi connectivity index (χ4v) is 4.47. The molecule has 152 valence electrons. The zero-order valence-electron chi connectivity index (χ0n) is 16.8. The van der Waals surface area contributed by atoms with Gasteiger partial charge in [-0.2, -0.15) is 0 Å². The Bertz CT molecular complexity index is 844. The van der Waals surface area contributed by atoms with Gasteiger partial charge in [-0.3, -0.25) is 14.5 Å². The molecule has 2 aromatic rings. The maximum atomic E-state index is 12.6. The summed E-state index contributed by atoms with van der Waals surface area (Å²) in [5, 5.41) is 6.22. The van der Waals surface area contributed by atoms with Crippen LogP contribution in [0, 0.1) is 5.92 Å². The average molecular weight is 392 g/mol. The molecular weight excluding hydrogens is 362 g/mol. The molecule has 1 aliphatic carbocycles. The van der Waals surface area contributed by atoms with Crippen molar-refractivity contribution >= 4 is 17.5 Å². The number of rotatable bonds is 5. The van der Waals surface area contributed by atoms with Crippen LogP contribution in [0.25, 0.3) is 0 Å². The molecule has 1 atom stereocenters. The highest BCUT2D eigenvalue weighted by Crippen LogP contribution is 2.29. The molecule has 1 aliphatic heterocycles. The van der Waals surface area contributed by atoms with Gasteiger partial charge in [-0.25, -0.2) is 0 Å². The standard InChI is InChI=1S/C24H29N3O2/c28-23(26-22-12-6-8-18-7-4-5-11-21(18)22)17-27-15-13-19(14-16-27)24(29)25-20-9-2-1-3-10-20/h1-5,7,9-11,19,22H,6,8,12-17H2,(H,25,29)(H,26,28)/t22-/m1/s1. The number of piperidine rings is 1. The first-order valence-corrected chi connectivity index (χ1v) is 10.6. The van der Waals surface area contributed by atoms with Crippen LogP contribution in [0.4, 0.5) is 5.69 Å². The summed E-state index contributed by atoms with van der Waals surface area (Å²) in [5.41, 5.74) is 3.46. The van der Waals surface area contributed by atoms with E-state index in [4.69, 9.17) is 0 Å². The van der Waals surface area contributed by atoms with E-state index in [1.54, 1.807) is 0 Å². The fraction of sp³-hybridized carbons (Fsp3) is 0.417. The summed E-state index contributed by atoms with van der Waals surface area (Å²) in [6.07, 6.45) is 4.80. The second-order valence-electron chi connectivity index (χ2n) is 8.12. The second kappa shape index (κ2) is 9.23. The highest BCUT2D eigenvalue weighted by molar-refractivity contribution is 5.92. The predicted molar refractivity (Wildman–Crippen MR) is 114 cm³/mol. The van der Waals surface area contributed by atoms with Crippen molar-refractivity contribution in [2.24, 2.45) is 5.92 Å². The lowest BCUT2D eigenvalue weighted by atomic mass is 9.88. The molecular formula is C24H29N3O2. The zero-order valence-corrected chi connectivity index (χ0v) is 16.8. The molecule has 0 unspecified atom stereocenters. The smallest absolute Gasteiger partial charge is 0.234 e. The molecule has 29 heavy (non-hydrogen) atoms. The van der Waals surface area contributed by atoms with Crippen LogP contribution >= 0.6 is 0 Å². The van der Waals surface area contributed by atoms with Crippen LogP contribution in [0.15, 0.2) is 54.6 Å². The molecule has 2 aliphatic rings. The van der Waals surface area contributed by atoms with Crippen LogP contribution in [0.1, 0.15) is 42.9 Å².